The molecule has 0 saturated carbocycles. The van der Waals surface area contributed by atoms with Gasteiger partial charge in [0.1, 0.15) is 11.8 Å². The molecule has 126 valence electrons. The first-order valence-corrected chi connectivity index (χ1v) is 7.34. The topological polar surface area (TPSA) is 55.3 Å². The summed E-state index contributed by atoms with van der Waals surface area (Å²) in [5, 5.41) is 0. The van der Waals surface area contributed by atoms with E-state index in [0.29, 0.717) is 25.4 Å². The molecule has 1 amide bonds. The monoisotopic (exact) mass is 337 g/mol. The Balaban J connectivity index is 1.62. The van der Waals surface area contributed by atoms with Crippen molar-refractivity contribution >= 4 is 5.91 Å². The Hall–Kier alpha value is -2.64. The van der Waals surface area contributed by atoms with Crippen LogP contribution in [0.5, 0.6) is 5.88 Å². The van der Waals surface area contributed by atoms with E-state index in [1.807, 2.05) is 0 Å². The molecule has 0 aromatic carbocycles. The lowest BCUT2D eigenvalue weighted by Crippen LogP contribution is -2.31. The first-order chi connectivity index (χ1) is 11.4. The molecule has 1 aliphatic rings. The first-order valence-electron chi connectivity index (χ1n) is 7.34. The van der Waals surface area contributed by atoms with Gasteiger partial charge in [0.25, 0.3) is 5.91 Å². The minimum Gasteiger partial charge on any atom is -0.472 e. The van der Waals surface area contributed by atoms with E-state index in [4.69, 9.17) is 4.74 Å². The van der Waals surface area contributed by atoms with Crippen molar-refractivity contribution in [1.29, 1.82) is 0 Å². The van der Waals surface area contributed by atoms with Crippen molar-refractivity contribution in [1.82, 2.24) is 14.9 Å². The van der Waals surface area contributed by atoms with E-state index < -0.39 is 11.9 Å². The van der Waals surface area contributed by atoms with Gasteiger partial charge in [-0.2, -0.15) is 13.2 Å². The zero-order valence-corrected chi connectivity index (χ0v) is 12.5. The van der Waals surface area contributed by atoms with Crippen LogP contribution < -0.4 is 4.74 Å². The molecular formula is C16H14F3N3O2. The maximum absolute atomic E-state index is 12.5. The van der Waals surface area contributed by atoms with Gasteiger partial charge in [-0.05, 0) is 18.2 Å². The summed E-state index contributed by atoms with van der Waals surface area (Å²) in [4.78, 5) is 21.3. The van der Waals surface area contributed by atoms with Crippen molar-refractivity contribution in [2.45, 2.75) is 18.7 Å². The Morgan fingerprint density at radius 2 is 2.04 bits per heavy atom. The van der Waals surface area contributed by atoms with Crippen molar-refractivity contribution in [3.8, 4) is 5.88 Å². The minimum absolute atomic E-state index is 0.126. The highest BCUT2D eigenvalue weighted by Crippen LogP contribution is 2.27. The summed E-state index contributed by atoms with van der Waals surface area (Å²) in [6, 6.07) is 7.25. The molecular weight excluding hydrogens is 323 g/mol. The fourth-order valence-corrected chi connectivity index (χ4v) is 2.47. The van der Waals surface area contributed by atoms with Gasteiger partial charge < -0.3 is 9.64 Å². The van der Waals surface area contributed by atoms with Crippen molar-refractivity contribution in [3.05, 3.63) is 54.0 Å². The second-order valence-electron chi connectivity index (χ2n) is 5.38. The van der Waals surface area contributed by atoms with Crippen LogP contribution in [0.3, 0.4) is 0 Å². The smallest absolute Gasteiger partial charge is 0.433 e. The average Bonchev–Trinajstić information content (AvgIpc) is 3.03. The molecule has 1 fully saturated rings. The molecule has 0 bridgehead atoms. The van der Waals surface area contributed by atoms with Gasteiger partial charge in [-0.15, -0.1) is 0 Å². The molecule has 0 radical (unpaired) electrons. The maximum atomic E-state index is 12.5. The van der Waals surface area contributed by atoms with Crippen molar-refractivity contribution in [3.63, 3.8) is 0 Å². The highest BCUT2D eigenvalue weighted by molar-refractivity contribution is 5.94. The third kappa shape index (κ3) is 3.64. The van der Waals surface area contributed by atoms with Crippen molar-refractivity contribution in [2.75, 3.05) is 13.1 Å². The molecule has 2 aromatic heterocycles. The van der Waals surface area contributed by atoms with Gasteiger partial charge in [-0.25, -0.2) is 4.98 Å². The van der Waals surface area contributed by atoms with Crippen LogP contribution in [0.4, 0.5) is 13.2 Å². The number of nitrogens with zero attached hydrogens (tertiary/aromatic N) is 3. The van der Waals surface area contributed by atoms with Gasteiger partial charge in [-0.1, -0.05) is 6.07 Å². The molecule has 1 saturated heterocycles. The fraction of sp³-hybridized carbons (Fsp3) is 0.312. The summed E-state index contributed by atoms with van der Waals surface area (Å²) in [5.74, 6) is 0.122. The molecule has 1 atom stereocenters. The summed E-state index contributed by atoms with van der Waals surface area (Å²) in [7, 11) is 0. The summed E-state index contributed by atoms with van der Waals surface area (Å²) in [6.45, 7) is 0.827. The lowest BCUT2D eigenvalue weighted by Gasteiger charge is -2.17. The number of ether oxygens (including phenoxy) is 1. The van der Waals surface area contributed by atoms with Crippen molar-refractivity contribution in [2.24, 2.45) is 0 Å². The van der Waals surface area contributed by atoms with Crippen LogP contribution >= 0.6 is 0 Å². The number of carbonyl (C=O) groups is 1. The summed E-state index contributed by atoms with van der Waals surface area (Å²) in [6.07, 6.45) is -1.50. The van der Waals surface area contributed by atoms with E-state index in [1.54, 1.807) is 24.4 Å². The SMILES string of the molecule is O=C(c1ccc(C(F)(F)F)nc1)N1CCC(Oc2ccccn2)C1. The van der Waals surface area contributed by atoms with Gasteiger partial charge in [-0.3, -0.25) is 9.78 Å². The number of amides is 1. The molecule has 2 aromatic rings. The van der Waals surface area contributed by atoms with Crippen LogP contribution in [0.1, 0.15) is 22.5 Å². The highest BCUT2D eigenvalue weighted by Gasteiger charge is 2.33. The lowest BCUT2D eigenvalue weighted by atomic mass is 10.2. The number of alkyl halides is 3. The van der Waals surface area contributed by atoms with Crippen LogP contribution in [-0.4, -0.2) is 40.0 Å². The molecule has 5 nitrogen and oxygen atoms in total. The van der Waals surface area contributed by atoms with E-state index in [0.717, 1.165) is 18.3 Å². The Kier molecular flexibility index (Phi) is 4.37. The standard InChI is InChI=1S/C16H14F3N3O2/c17-16(18,19)13-5-4-11(9-21-13)15(23)22-8-6-12(10-22)24-14-3-1-2-7-20-14/h1-5,7,9,12H,6,8,10H2. The molecule has 8 heteroatoms. The predicted octanol–water partition coefficient (Wildman–Crippen LogP) is 2.79. The van der Waals surface area contributed by atoms with Gasteiger partial charge >= 0.3 is 6.18 Å². The number of halogens is 3. The van der Waals surface area contributed by atoms with E-state index in [2.05, 4.69) is 9.97 Å². The fourth-order valence-electron chi connectivity index (χ4n) is 2.47. The van der Waals surface area contributed by atoms with E-state index in [9.17, 15) is 18.0 Å². The molecule has 0 N–H and O–H groups in total. The first kappa shape index (κ1) is 16.2. The molecule has 0 spiro atoms. The van der Waals surface area contributed by atoms with Gasteiger partial charge in [0.05, 0.1) is 12.1 Å². The Morgan fingerprint density at radius 1 is 1.21 bits per heavy atom. The number of rotatable bonds is 3. The van der Waals surface area contributed by atoms with E-state index >= 15 is 0 Å². The summed E-state index contributed by atoms with van der Waals surface area (Å²) in [5.41, 5.74) is -0.890. The third-order valence-corrected chi connectivity index (χ3v) is 3.66. The summed E-state index contributed by atoms with van der Waals surface area (Å²) < 4.78 is 43.2. The number of likely N-dealkylation sites (tertiary alicyclic amines) is 1. The van der Waals surface area contributed by atoms with Crippen LogP contribution in [0.25, 0.3) is 0 Å². The molecule has 3 rings (SSSR count). The number of hydrogen-bond acceptors (Lipinski definition) is 4. The van der Waals surface area contributed by atoms with Gasteiger partial charge in [0.2, 0.25) is 5.88 Å². The second kappa shape index (κ2) is 6.46. The number of aromatic nitrogens is 2. The Morgan fingerprint density at radius 3 is 2.67 bits per heavy atom. The maximum Gasteiger partial charge on any atom is 0.433 e. The van der Waals surface area contributed by atoms with E-state index in [-0.39, 0.29) is 17.6 Å². The quantitative estimate of drug-likeness (QED) is 0.864. The van der Waals surface area contributed by atoms with E-state index in [1.165, 1.54) is 4.90 Å². The Labute approximate surface area is 136 Å². The third-order valence-electron chi connectivity index (χ3n) is 3.66. The number of pyridine rings is 2. The number of hydrogen-bond donors (Lipinski definition) is 0. The minimum atomic E-state index is -4.52. The zero-order valence-electron chi connectivity index (χ0n) is 12.5. The van der Waals surface area contributed by atoms with Crippen LogP contribution in [0, 0.1) is 0 Å². The van der Waals surface area contributed by atoms with Crippen LogP contribution in [0.15, 0.2) is 42.7 Å². The Bertz CT molecular complexity index is 705. The normalized spacial score (nSPS) is 17.8. The molecule has 1 aliphatic heterocycles. The number of carbonyl (C=O) groups excluding carboxylic acids is 1. The largest absolute Gasteiger partial charge is 0.472 e. The molecule has 1 unspecified atom stereocenters. The van der Waals surface area contributed by atoms with Crippen LogP contribution in [-0.2, 0) is 6.18 Å². The zero-order chi connectivity index (χ0) is 17.2. The van der Waals surface area contributed by atoms with Gasteiger partial charge in [0.15, 0.2) is 0 Å². The van der Waals surface area contributed by atoms with Crippen LogP contribution in [0.2, 0.25) is 0 Å². The second-order valence-corrected chi connectivity index (χ2v) is 5.38. The predicted molar refractivity (Wildman–Crippen MR) is 78.4 cm³/mol. The summed E-state index contributed by atoms with van der Waals surface area (Å²) >= 11 is 0. The molecule has 24 heavy (non-hydrogen) atoms. The lowest BCUT2D eigenvalue weighted by molar-refractivity contribution is -0.141. The molecule has 3 heterocycles. The molecule has 0 aliphatic carbocycles. The average molecular weight is 337 g/mol. The van der Waals surface area contributed by atoms with Crippen molar-refractivity contribution < 1.29 is 22.7 Å². The van der Waals surface area contributed by atoms with Gasteiger partial charge in [0, 0.05) is 31.4 Å². The highest BCUT2D eigenvalue weighted by atomic mass is 19.4.